The number of oxazole rings is 1. The highest BCUT2D eigenvalue weighted by molar-refractivity contribution is 6.13. The Hall–Kier alpha value is -6.59. The van der Waals surface area contributed by atoms with Gasteiger partial charge < -0.3 is 18.2 Å². The van der Waals surface area contributed by atoms with Crippen LogP contribution >= 0.6 is 0 Å². The fourth-order valence-electron chi connectivity index (χ4n) is 6.93. The van der Waals surface area contributed by atoms with E-state index in [0.717, 1.165) is 88.7 Å². The molecule has 0 fully saturated rings. The third-order valence-corrected chi connectivity index (χ3v) is 9.11. The molecule has 226 valence electrons. The quantitative estimate of drug-likeness (QED) is 0.192. The average Bonchev–Trinajstić information content (AvgIpc) is 3.85. The van der Waals surface area contributed by atoms with Gasteiger partial charge in [-0.1, -0.05) is 84.9 Å². The normalized spacial score (nSPS) is 11.8. The van der Waals surface area contributed by atoms with E-state index in [1.165, 1.54) is 0 Å². The molecule has 0 atom stereocenters. The van der Waals surface area contributed by atoms with Gasteiger partial charge in [-0.05, 0) is 72.3 Å². The molecule has 5 nitrogen and oxygen atoms in total. The topological polar surface area (TPSA) is 55.6 Å². The third-order valence-electron chi connectivity index (χ3n) is 9.11. The average molecular weight is 619 g/mol. The number of nitrogens with zero attached hydrogens (tertiary/aromatic N) is 2. The SMILES string of the molecule is c1ccc(-c2ccccc2N(c2ccc3c(c2)oc2cccc(-c4nc5ccccc5o4)c23)c2ccc3oc4ccccc4c3c2)cc1. The first-order chi connectivity index (χ1) is 23.8. The maximum Gasteiger partial charge on any atom is 0.228 e. The molecule has 5 heteroatoms. The molecule has 0 aliphatic heterocycles. The Morgan fingerprint density at radius 1 is 0.417 bits per heavy atom. The molecule has 48 heavy (non-hydrogen) atoms. The van der Waals surface area contributed by atoms with Gasteiger partial charge in [0, 0.05) is 50.1 Å². The minimum absolute atomic E-state index is 0.577. The summed E-state index contributed by atoms with van der Waals surface area (Å²) in [5.41, 5.74) is 11.1. The first kappa shape index (κ1) is 26.6. The summed E-state index contributed by atoms with van der Waals surface area (Å²) in [5, 5.41) is 4.13. The molecule has 3 aromatic heterocycles. The van der Waals surface area contributed by atoms with Crippen LogP contribution in [-0.4, -0.2) is 4.98 Å². The molecule has 0 spiro atoms. The lowest BCUT2D eigenvalue weighted by Crippen LogP contribution is -2.11. The van der Waals surface area contributed by atoms with E-state index in [1.54, 1.807) is 0 Å². The Balaban J connectivity index is 1.20. The number of hydrogen-bond acceptors (Lipinski definition) is 5. The lowest BCUT2D eigenvalue weighted by molar-refractivity contribution is 0.620. The van der Waals surface area contributed by atoms with Gasteiger partial charge in [-0.3, -0.25) is 0 Å². The maximum absolute atomic E-state index is 6.57. The van der Waals surface area contributed by atoms with Gasteiger partial charge in [0.1, 0.15) is 27.8 Å². The highest BCUT2D eigenvalue weighted by Gasteiger charge is 2.22. The van der Waals surface area contributed by atoms with Crippen molar-refractivity contribution in [3.63, 3.8) is 0 Å². The Kier molecular flexibility index (Phi) is 5.81. The van der Waals surface area contributed by atoms with Crippen LogP contribution in [0, 0.1) is 0 Å². The van der Waals surface area contributed by atoms with Crippen LogP contribution in [0.5, 0.6) is 0 Å². The molecule has 10 rings (SSSR count). The summed E-state index contributed by atoms with van der Waals surface area (Å²) < 4.78 is 19.0. The second-order valence-corrected chi connectivity index (χ2v) is 11.9. The van der Waals surface area contributed by atoms with E-state index >= 15 is 0 Å². The number of para-hydroxylation sites is 4. The van der Waals surface area contributed by atoms with Gasteiger partial charge >= 0.3 is 0 Å². The number of fused-ring (bicyclic) bond motifs is 7. The minimum Gasteiger partial charge on any atom is -0.456 e. The number of benzene rings is 7. The lowest BCUT2D eigenvalue weighted by Gasteiger charge is -2.28. The van der Waals surface area contributed by atoms with Crippen molar-refractivity contribution in [1.82, 2.24) is 4.98 Å². The first-order valence-electron chi connectivity index (χ1n) is 16.0. The molecule has 0 saturated carbocycles. The van der Waals surface area contributed by atoms with Gasteiger partial charge in [0.05, 0.1) is 5.69 Å². The summed E-state index contributed by atoms with van der Waals surface area (Å²) in [7, 11) is 0. The van der Waals surface area contributed by atoms with Gasteiger partial charge in [-0.15, -0.1) is 0 Å². The monoisotopic (exact) mass is 618 g/mol. The summed E-state index contributed by atoms with van der Waals surface area (Å²) in [6.07, 6.45) is 0. The summed E-state index contributed by atoms with van der Waals surface area (Å²) in [6.45, 7) is 0. The van der Waals surface area contributed by atoms with Crippen molar-refractivity contribution >= 4 is 72.0 Å². The van der Waals surface area contributed by atoms with Crippen LogP contribution in [0.2, 0.25) is 0 Å². The predicted molar refractivity (Wildman–Crippen MR) is 194 cm³/mol. The molecule has 0 unspecified atom stereocenters. The van der Waals surface area contributed by atoms with E-state index in [2.05, 4.69) is 102 Å². The van der Waals surface area contributed by atoms with E-state index < -0.39 is 0 Å². The molecule has 0 radical (unpaired) electrons. The lowest BCUT2D eigenvalue weighted by atomic mass is 10.0. The fraction of sp³-hybridized carbons (Fsp3) is 0. The van der Waals surface area contributed by atoms with E-state index in [1.807, 2.05) is 60.7 Å². The number of hydrogen-bond donors (Lipinski definition) is 0. The van der Waals surface area contributed by atoms with Crippen LogP contribution in [0.15, 0.2) is 171 Å². The van der Waals surface area contributed by atoms with Gasteiger partial charge in [0.2, 0.25) is 5.89 Å². The van der Waals surface area contributed by atoms with Crippen LogP contribution in [0.4, 0.5) is 17.1 Å². The molecular formula is C43H26N2O3. The number of furan rings is 2. The number of rotatable bonds is 5. The highest BCUT2D eigenvalue weighted by Crippen LogP contribution is 2.45. The molecule has 7 aromatic carbocycles. The van der Waals surface area contributed by atoms with Crippen molar-refractivity contribution in [2.75, 3.05) is 4.90 Å². The van der Waals surface area contributed by atoms with Gasteiger partial charge in [0.15, 0.2) is 5.58 Å². The first-order valence-corrected chi connectivity index (χ1v) is 16.0. The van der Waals surface area contributed by atoms with Crippen LogP contribution in [-0.2, 0) is 0 Å². The van der Waals surface area contributed by atoms with Crippen LogP contribution in [0.3, 0.4) is 0 Å². The Bertz CT molecular complexity index is 2770. The van der Waals surface area contributed by atoms with Crippen molar-refractivity contribution in [2.45, 2.75) is 0 Å². The molecule has 0 N–H and O–H groups in total. The van der Waals surface area contributed by atoms with Crippen molar-refractivity contribution in [3.8, 4) is 22.6 Å². The Morgan fingerprint density at radius 3 is 2.02 bits per heavy atom. The van der Waals surface area contributed by atoms with Gasteiger partial charge in [0.25, 0.3) is 0 Å². The molecule has 10 aromatic rings. The van der Waals surface area contributed by atoms with Crippen molar-refractivity contribution in [2.24, 2.45) is 0 Å². The van der Waals surface area contributed by atoms with Crippen molar-refractivity contribution in [3.05, 3.63) is 158 Å². The van der Waals surface area contributed by atoms with E-state index in [-0.39, 0.29) is 0 Å². The molecule has 0 aliphatic carbocycles. The van der Waals surface area contributed by atoms with Crippen molar-refractivity contribution in [1.29, 1.82) is 0 Å². The molecule has 0 bridgehead atoms. The van der Waals surface area contributed by atoms with E-state index in [9.17, 15) is 0 Å². The third kappa shape index (κ3) is 4.15. The highest BCUT2D eigenvalue weighted by atomic mass is 16.4. The van der Waals surface area contributed by atoms with Gasteiger partial charge in [-0.2, -0.15) is 0 Å². The van der Waals surface area contributed by atoms with Crippen LogP contribution in [0.25, 0.3) is 77.6 Å². The molecule has 0 aliphatic rings. The second-order valence-electron chi connectivity index (χ2n) is 11.9. The van der Waals surface area contributed by atoms with E-state index in [4.69, 9.17) is 18.2 Å². The molecule has 0 amide bonds. The summed E-state index contributed by atoms with van der Waals surface area (Å²) in [6, 6.07) is 54.0. The zero-order chi connectivity index (χ0) is 31.6. The second kappa shape index (κ2) is 10.5. The molecule has 0 saturated heterocycles. The number of anilines is 3. The van der Waals surface area contributed by atoms with Crippen molar-refractivity contribution < 1.29 is 13.3 Å². The molecule has 3 heterocycles. The standard InChI is InChI=1S/C43H26N2O3/c1-2-11-27(12-3-1)30-13-4-7-17-36(30)45(28-22-24-38-34(25-28)31-14-5-8-18-37(31)46-38)29-21-23-32-41(26-29)47-40-20-10-15-33(42(32)40)43-44-35-16-6-9-19-39(35)48-43/h1-26H. The summed E-state index contributed by atoms with van der Waals surface area (Å²) >= 11 is 0. The maximum atomic E-state index is 6.57. The largest absolute Gasteiger partial charge is 0.456 e. The number of aromatic nitrogens is 1. The summed E-state index contributed by atoms with van der Waals surface area (Å²) in [4.78, 5) is 7.10. The Labute approximate surface area is 274 Å². The van der Waals surface area contributed by atoms with Gasteiger partial charge in [-0.25, -0.2) is 4.98 Å². The Morgan fingerprint density at radius 2 is 1.10 bits per heavy atom. The van der Waals surface area contributed by atoms with Crippen LogP contribution in [0.1, 0.15) is 0 Å². The zero-order valence-corrected chi connectivity index (χ0v) is 25.6. The fourth-order valence-corrected chi connectivity index (χ4v) is 6.93. The minimum atomic E-state index is 0.577. The predicted octanol–water partition coefficient (Wildman–Crippen LogP) is 12.4. The molecular weight excluding hydrogens is 592 g/mol. The van der Waals surface area contributed by atoms with Crippen LogP contribution < -0.4 is 4.90 Å². The zero-order valence-electron chi connectivity index (χ0n) is 25.6. The smallest absolute Gasteiger partial charge is 0.228 e. The summed E-state index contributed by atoms with van der Waals surface area (Å²) in [5.74, 6) is 0.577. The van der Waals surface area contributed by atoms with E-state index in [0.29, 0.717) is 5.89 Å².